The van der Waals surface area contributed by atoms with Crippen LogP contribution in [0.1, 0.15) is 27.1 Å². The van der Waals surface area contributed by atoms with Gasteiger partial charge in [-0.15, -0.1) is 0 Å². The van der Waals surface area contributed by atoms with Crippen LogP contribution < -0.4 is 21.5 Å². The molecule has 2 aromatic rings. The summed E-state index contributed by atoms with van der Waals surface area (Å²) < 4.78 is 32.8. The number of rotatable bonds is 7. The quantitative estimate of drug-likeness (QED) is 0.276. The normalized spacial score (nSPS) is 13.8. The van der Waals surface area contributed by atoms with E-state index in [9.17, 15) is 18.4 Å². The second-order valence-electron chi connectivity index (χ2n) is 7.27. The van der Waals surface area contributed by atoms with Crippen molar-refractivity contribution in [1.82, 2.24) is 21.1 Å². The minimum atomic E-state index is -0.958. The minimum absolute atomic E-state index is 0.282. The van der Waals surface area contributed by atoms with Crippen molar-refractivity contribution in [2.75, 3.05) is 44.7 Å². The van der Waals surface area contributed by atoms with Crippen LogP contribution in [0, 0.1) is 11.6 Å². The number of hydrazine groups is 1. The van der Waals surface area contributed by atoms with Gasteiger partial charge in [0.05, 0.1) is 13.2 Å². The van der Waals surface area contributed by atoms with Gasteiger partial charge in [-0.2, -0.15) is 0 Å². The van der Waals surface area contributed by atoms with Gasteiger partial charge in [0, 0.05) is 30.9 Å². The highest BCUT2D eigenvalue weighted by molar-refractivity contribution is 7.80. The highest BCUT2D eigenvalue weighted by Crippen LogP contribution is 2.16. The molecule has 0 radical (unpaired) electrons. The van der Waals surface area contributed by atoms with Crippen LogP contribution in [0.3, 0.4) is 0 Å². The van der Waals surface area contributed by atoms with Gasteiger partial charge in [-0.25, -0.2) is 8.78 Å². The molecule has 0 bridgehead atoms. The molecule has 1 aliphatic rings. The Kier molecular flexibility index (Phi) is 9.04. The van der Waals surface area contributed by atoms with Crippen LogP contribution in [-0.2, 0) is 4.74 Å². The van der Waals surface area contributed by atoms with Crippen molar-refractivity contribution >= 4 is 34.8 Å². The van der Waals surface area contributed by atoms with Crippen molar-refractivity contribution in [2.24, 2.45) is 0 Å². The molecule has 0 aliphatic carbocycles. The molecule has 176 valence electrons. The van der Waals surface area contributed by atoms with Crippen molar-refractivity contribution in [3.8, 4) is 0 Å². The zero-order valence-corrected chi connectivity index (χ0v) is 18.6. The Morgan fingerprint density at radius 1 is 0.970 bits per heavy atom. The third-order valence-corrected chi connectivity index (χ3v) is 5.17. The van der Waals surface area contributed by atoms with Gasteiger partial charge in [-0.05, 0) is 61.6 Å². The Balaban J connectivity index is 1.39. The average Bonchev–Trinajstić information content (AvgIpc) is 2.81. The van der Waals surface area contributed by atoms with Crippen molar-refractivity contribution in [1.29, 1.82) is 0 Å². The monoisotopic (exact) mass is 477 g/mol. The first kappa shape index (κ1) is 24.5. The summed E-state index contributed by atoms with van der Waals surface area (Å²) in [5, 5.41) is 5.72. The summed E-state index contributed by atoms with van der Waals surface area (Å²) in [5.41, 5.74) is 5.03. The molecule has 0 atom stereocenters. The van der Waals surface area contributed by atoms with Crippen LogP contribution in [0.5, 0.6) is 0 Å². The van der Waals surface area contributed by atoms with Gasteiger partial charge in [0.2, 0.25) is 0 Å². The second-order valence-corrected chi connectivity index (χ2v) is 7.68. The Morgan fingerprint density at radius 2 is 1.64 bits per heavy atom. The molecule has 1 heterocycles. The third kappa shape index (κ3) is 7.45. The number of ether oxygens (including phenoxy) is 1. The summed E-state index contributed by atoms with van der Waals surface area (Å²) >= 11 is 5.15. The summed E-state index contributed by atoms with van der Waals surface area (Å²) in [4.78, 5) is 26.7. The zero-order chi connectivity index (χ0) is 23.6. The second kappa shape index (κ2) is 12.2. The van der Waals surface area contributed by atoms with E-state index in [1.54, 1.807) is 0 Å². The van der Waals surface area contributed by atoms with Gasteiger partial charge < -0.3 is 15.4 Å². The molecular weight excluding hydrogens is 452 g/mol. The van der Waals surface area contributed by atoms with Crippen LogP contribution in [0.4, 0.5) is 14.5 Å². The number of anilines is 1. The van der Waals surface area contributed by atoms with E-state index in [1.165, 1.54) is 30.3 Å². The minimum Gasteiger partial charge on any atom is -0.379 e. The summed E-state index contributed by atoms with van der Waals surface area (Å²) in [6.45, 7) is 4.99. The summed E-state index contributed by atoms with van der Waals surface area (Å²) in [7, 11) is 0. The van der Waals surface area contributed by atoms with Crippen LogP contribution in [-0.4, -0.2) is 61.2 Å². The van der Waals surface area contributed by atoms with Gasteiger partial charge in [0.15, 0.2) is 5.11 Å². The molecule has 1 saturated heterocycles. The molecule has 4 N–H and O–H groups in total. The topological polar surface area (TPSA) is 94.7 Å². The van der Waals surface area contributed by atoms with E-state index in [0.717, 1.165) is 51.4 Å². The molecule has 8 nitrogen and oxygen atoms in total. The predicted molar refractivity (Wildman–Crippen MR) is 124 cm³/mol. The number of carbonyl (C=O) groups is 2. The van der Waals surface area contributed by atoms with Crippen molar-refractivity contribution < 1.29 is 23.1 Å². The molecule has 0 saturated carbocycles. The van der Waals surface area contributed by atoms with Crippen LogP contribution in [0.2, 0.25) is 0 Å². The maximum Gasteiger partial charge on any atom is 0.269 e. The van der Waals surface area contributed by atoms with E-state index in [-0.39, 0.29) is 5.69 Å². The number of hydrogen-bond donors (Lipinski definition) is 4. The fourth-order valence-electron chi connectivity index (χ4n) is 3.17. The van der Waals surface area contributed by atoms with Crippen LogP contribution in [0.25, 0.3) is 0 Å². The fourth-order valence-corrected chi connectivity index (χ4v) is 3.33. The SMILES string of the molecule is O=C(NNC(=S)NCCCN1CCOCC1)c1ccc(NC(=O)c2c(F)cccc2F)cc1. The van der Waals surface area contributed by atoms with E-state index < -0.39 is 29.0 Å². The highest BCUT2D eigenvalue weighted by Gasteiger charge is 2.17. The lowest BCUT2D eigenvalue weighted by Gasteiger charge is -2.26. The first-order chi connectivity index (χ1) is 15.9. The van der Waals surface area contributed by atoms with Crippen molar-refractivity contribution in [3.63, 3.8) is 0 Å². The van der Waals surface area contributed by atoms with E-state index in [0.29, 0.717) is 17.2 Å². The van der Waals surface area contributed by atoms with Gasteiger partial charge in [0.25, 0.3) is 11.8 Å². The number of thiocarbonyl (C=S) groups is 1. The Hall–Kier alpha value is -3.15. The Labute approximate surface area is 195 Å². The largest absolute Gasteiger partial charge is 0.379 e. The number of amides is 2. The summed E-state index contributed by atoms with van der Waals surface area (Å²) in [6, 6.07) is 9.01. The summed E-state index contributed by atoms with van der Waals surface area (Å²) in [6.07, 6.45) is 0.903. The van der Waals surface area contributed by atoms with E-state index in [1.807, 2.05) is 0 Å². The lowest BCUT2D eigenvalue weighted by Crippen LogP contribution is -2.47. The molecule has 2 amide bonds. The van der Waals surface area contributed by atoms with Crippen molar-refractivity contribution in [2.45, 2.75) is 6.42 Å². The summed E-state index contributed by atoms with van der Waals surface area (Å²) in [5.74, 6) is -3.28. The van der Waals surface area contributed by atoms with E-state index >= 15 is 0 Å². The number of hydrogen-bond acceptors (Lipinski definition) is 5. The Bertz CT molecular complexity index is 964. The molecule has 33 heavy (non-hydrogen) atoms. The molecule has 2 aromatic carbocycles. The van der Waals surface area contributed by atoms with Gasteiger partial charge >= 0.3 is 0 Å². The van der Waals surface area contributed by atoms with Crippen LogP contribution in [0.15, 0.2) is 42.5 Å². The zero-order valence-electron chi connectivity index (χ0n) is 17.8. The molecule has 0 unspecified atom stereocenters. The van der Waals surface area contributed by atoms with Gasteiger partial charge in [-0.3, -0.25) is 25.3 Å². The Morgan fingerprint density at radius 3 is 2.30 bits per heavy atom. The molecular formula is C22H25F2N5O3S. The first-order valence-corrected chi connectivity index (χ1v) is 10.8. The van der Waals surface area contributed by atoms with E-state index in [2.05, 4.69) is 26.4 Å². The van der Waals surface area contributed by atoms with E-state index in [4.69, 9.17) is 17.0 Å². The molecule has 1 aliphatic heterocycles. The number of halogens is 2. The van der Waals surface area contributed by atoms with Gasteiger partial charge in [-0.1, -0.05) is 6.07 Å². The third-order valence-electron chi connectivity index (χ3n) is 4.92. The first-order valence-electron chi connectivity index (χ1n) is 10.4. The number of nitrogens with zero attached hydrogens (tertiary/aromatic N) is 1. The number of benzene rings is 2. The highest BCUT2D eigenvalue weighted by atomic mass is 32.1. The predicted octanol–water partition coefficient (Wildman–Crippen LogP) is 2.05. The van der Waals surface area contributed by atoms with Gasteiger partial charge in [0.1, 0.15) is 17.2 Å². The molecule has 3 rings (SSSR count). The fraction of sp³-hybridized carbons (Fsp3) is 0.318. The standard InChI is InChI=1S/C22H25F2N5O3S/c23-17-3-1-4-18(24)19(17)21(31)26-16-7-5-15(6-8-16)20(30)27-28-22(33)25-9-2-10-29-11-13-32-14-12-29/h1,3-8H,2,9-14H2,(H,26,31)(H,27,30)(H2,25,28,33). The molecule has 0 spiro atoms. The number of nitrogens with one attached hydrogen (secondary N) is 4. The smallest absolute Gasteiger partial charge is 0.269 e. The molecule has 0 aromatic heterocycles. The molecule has 1 fully saturated rings. The molecule has 11 heteroatoms. The number of morpholine rings is 1. The van der Waals surface area contributed by atoms with Crippen molar-refractivity contribution in [3.05, 3.63) is 65.2 Å². The lowest BCUT2D eigenvalue weighted by molar-refractivity contribution is 0.0376. The van der Waals surface area contributed by atoms with Crippen LogP contribution >= 0.6 is 12.2 Å². The average molecular weight is 478 g/mol. The maximum atomic E-state index is 13.7. The maximum absolute atomic E-state index is 13.7. The number of carbonyl (C=O) groups excluding carboxylic acids is 2. The lowest BCUT2D eigenvalue weighted by atomic mass is 10.1.